The largest absolute Gasteiger partial charge is 0.396 e. The number of amides is 2. The standard InChI is InChI=1S/C30H41N7O2.C21H26ClN3O2.C9H16N4/c1-21-16-23(7-6-22(21)8-9-28(38)36-19-26(20-36)39-30(2,3)4)27-10-13-31-29(34-27)33-24-17-32-37(18-24)25-11-14-35(5)15-12-25;1-14-11-16(18-9-10-23-20(22)24-18)6-5-15(14)7-8-19(26)25-12-17(13-25)27-21(2,3)4;1-12-4-2-9(3-5-12)13-7-8(10)6-11-13/h6-7,10,13,16-18,25-26H,8-9,11-12,14-15,19-20H2,1-5H3,(H,31,33,34);5-6,9-11,17H,7-8,12-13H2,1-4H3;6-7,9H,2-5,10H2,1H3. The van der Waals surface area contributed by atoms with E-state index in [4.69, 9.17) is 31.8 Å². The molecule has 0 unspecified atom stereocenters. The van der Waals surface area contributed by atoms with Gasteiger partial charge in [-0.05, 0) is 192 Å². The SMILES string of the molecule is CN1CCC(n2cc(N)cn2)CC1.Cc1cc(-c2ccnc(Cl)n2)ccc1CCC(=O)N1CC(OC(C)(C)C)C1.Cc1cc(-c2ccnc(Nc3cnn(C4CCN(C)CC4)c3)n2)ccc1CCC(=O)N1CC(OC(C)(C)C)C1. The number of anilines is 3. The number of carbonyl (C=O) groups is 2. The van der Waals surface area contributed by atoms with Crippen molar-refractivity contribution >= 4 is 40.7 Å². The summed E-state index contributed by atoms with van der Waals surface area (Å²) >= 11 is 5.87. The van der Waals surface area contributed by atoms with E-state index in [0.717, 1.165) is 96.9 Å². The molecular formula is C60H83ClN14O4. The highest BCUT2D eigenvalue weighted by atomic mass is 35.5. The van der Waals surface area contributed by atoms with Gasteiger partial charge in [0.15, 0.2) is 0 Å². The Morgan fingerprint density at radius 1 is 0.646 bits per heavy atom. The van der Waals surface area contributed by atoms with E-state index in [1.54, 1.807) is 18.6 Å². The average Bonchev–Trinajstić information content (AvgIpc) is 4.07. The van der Waals surface area contributed by atoms with Gasteiger partial charge in [0.25, 0.3) is 0 Å². The summed E-state index contributed by atoms with van der Waals surface area (Å²) in [6.45, 7) is 23.7. The maximum Gasteiger partial charge on any atom is 0.227 e. The van der Waals surface area contributed by atoms with Crippen LogP contribution in [0.3, 0.4) is 0 Å². The van der Waals surface area contributed by atoms with Gasteiger partial charge in [0, 0.05) is 74.9 Å². The molecule has 10 rings (SSSR count). The second kappa shape index (κ2) is 26.3. The first-order chi connectivity index (χ1) is 37.6. The van der Waals surface area contributed by atoms with Crippen LogP contribution in [-0.4, -0.2) is 161 Å². The van der Waals surface area contributed by atoms with Crippen LogP contribution in [0.2, 0.25) is 5.28 Å². The Morgan fingerprint density at radius 2 is 1.10 bits per heavy atom. The van der Waals surface area contributed by atoms with Crippen LogP contribution < -0.4 is 11.1 Å². The monoisotopic (exact) mass is 1100 g/mol. The Hall–Kier alpha value is -6.31. The summed E-state index contributed by atoms with van der Waals surface area (Å²) in [6.07, 6.45) is 18.3. The van der Waals surface area contributed by atoms with Crippen LogP contribution in [-0.2, 0) is 31.9 Å². The number of halogens is 1. The molecule has 0 saturated carbocycles. The zero-order valence-electron chi connectivity index (χ0n) is 48.2. The Labute approximate surface area is 472 Å². The molecule has 424 valence electrons. The van der Waals surface area contributed by atoms with Crippen molar-refractivity contribution in [3.05, 3.63) is 113 Å². The van der Waals surface area contributed by atoms with Gasteiger partial charge in [0.05, 0.1) is 70.7 Å². The summed E-state index contributed by atoms with van der Waals surface area (Å²) in [5.74, 6) is 0.929. The molecule has 2 aromatic carbocycles. The molecule has 0 radical (unpaired) electrons. The number of hydrogen-bond donors (Lipinski definition) is 2. The Balaban J connectivity index is 0.000000176. The molecule has 4 aliphatic rings. The number of likely N-dealkylation sites (tertiary alicyclic amines) is 4. The molecule has 0 bridgehead atoms. The van der Waals surface area contributed by atoms with Crippen molar-refractivity contribution in [3.8, 4) is 22.5 Å². The van der Waals surface area contributed by atoms with E-state index in [1.807, 2.05) is 72.0 Å². The molecular weight excluding hydrogens is 1020 g/mol. The number of nitrogens with one attached hydrogen (secondary N) is 1. The Bertz CT molecular complexity index is 2960. The van der Waals surface area contributed by atoms with Crippen LogP contribution in [0.5, 0.6) is 0 Å². The third kappa shape index (κ3) is 17.3. The fourth-order valence-corrected chi connectivity index (χ4v) is 10.5. The van der Waals surface area contributed by atoms with Crippen LogP contribution in [0.4, 0.5) is 17.3 Å². The van der Waals surface area contributed by atoms with Crippen molar-refractivity contribution < 1.29 is 19.1 Å². The summed E-state index contributed by atoms with van der Waals surface area (Å²) < 4.78 is 15.9. The number of benzene rings is 2. The molecule has 2 amide bonds. The van der Waals surface area contributed by atoms with Crippen LogP contribution in [0.1, 0.15) is 114 Å². The van der Waals surface area contributed by atoms with Gasteiger partial charge in [0.2, 0.25) is 23.0 Å². The van der Waals surface area contributed by atoms with E-state index in [0.29, 0.717) is 57.1 Å². The molecule has 8 heterocycles. The van der Waals surface area contributed by atoms with Gasteiger partial charge >= 0.3 is 0 Å². The Kier molecular flexibility index (Phi) is 19.6. The fourth-order valence-electron chi connectivity index (χ4n) is 10.4. The smallest absolute Gasteiger partial charge is 0.227 e. The first kappa shape index (κ1) is 58.8. The first-order valence-corrected chi connectivity index (χ1v) is 28.4. The number of piperidine rings is 2. The predicted molar refractivity (Wildman–Crippen MR) is 312 cm³/mol. The summed E-state index contributed by atoms with van der Waals surface area (Å²) in [7, 11) is 4.33. The number of aromatic nitrogens is 8. The second-order valence-corrected chi connectivity index (χ2v) is 24.1. The maximum absolute atomic E-state index is 12.6. The molecule has 19 heteroatoms. The lowest BCUT2D eigenvalue weighted by Crippen LogP contribution is -2.56. The molecule has 6 aromatic rings. The van der Waals surface area contributed by atoms with Crippen molar-refractivity contribution in [1.29, 1.82) is 0 Å². The third-order valence-electron chi connectivity index (χ3n) is 14.8. The van der Waals surface area contributed by atoms with Gasteiger partial charge in [-0.1, -0.05) is 24.3 Å². The van der Waals surface area contributed by atoms with Crippen molar-refractivity contribution in [2.24, 2.45) is 0 Å². The van der Waals surface area contributed by atoms with Gasteiger partial charge in [-0.25, -0.2) is 19.9 Å². The highest BCUT2D eigenvalue weighted by molar-refractivity contribution is 6.28. The highest BCUT2D eigenvalue weighted by Crippen LogP contribution is 2.28. The van der Waals surface area contributed by atoms with E-state index in [2.05, 4.69) is 124 Å². The lowest BCUT2D eigenvalue weighted by Gasteiger charge is -2.42. The van der Waals surface area contributed by atoms with Crippen molar-refractivity contribution in [1.82, 2.24) is 59.1 Å². The van der Waals surface area contributed by atoms with Crippen LogP contribution in [0.15, 0.2) is 85.7 Å². The minimum Gasteiger partial charge on any atom is -0.396 e. The third-order valence-corrected chi connectivity index (χ3v) is 15.0. The lowest BCUT2D eigenvalue weighted by molar-refractivity contribution is -0.157. The predicted octanol–water partition coefficient (Wildman–Crippen LogP) is 9.41. The van der Waals surface area contributed by atoms with Gasteiger partial charge in [-0.15, -0.1) is 0 Å². The van der Waals surface area contributed by atoms with E-state index in [9.17, 15) is 9.59 Å². The maximum atomic E-state index is 12.6. The molecule has 4 saturated heterocycles. The lowest BCUT2D eigenvalue weighted by atomic mass is 9.99. The van der Waals surface area contributed by atoms with Crippen LogP contribution in [0, 0.1) is 13.8 Å². The minimum atomic E-state index is -0.172. The van der Waals surface area contributed by atoms with E-state index < -0.39 is 0 Å². The fraction of sp³-hybridized carbons (Fsp3) is 0.533. The molecule has 3 N–H and O–H groups in total. The minimum absolute atomic E-state index is 0.151. The number of nitrogens with two attached hydrogens (primary N) is 1. The van der Waals surface area contributed by atoms with Crippen molar-refractivity contribution in [2.45, 2.75) is 142 Å². The number of ether oxygens (including phenoxy) is 2. The first-order valence-electron chi connectivity index (χ1n) is 28.0. The highest BCUT2D eigenvalue weighted by Gasteiger charge is 2.35. The van der Waals surface area contributed by atoms with E-state index >= 15 is 0 Å². The molecule has 79 heavy (non-hydrogen) atoms. The summed E-state index contributed by atoms with van der Waals surface area (Å²) in [4.78, 5) is 50.8. The average molecular weight is 1100 g/mol. The number of hydrogen-bond acceptors (Lipinski definition) is 14. The summed E-state index contributed by atoms with van der Waals surface area (Å²) in [6, 6.07) is 17.2. The molecule has 4 aromatic heterocycles. The van der Waals surface area contributed by atoms with Gasteiger partial charge < -0.3 is 40.1 Å². The van der Waals surface area contributed by atoms with Gasteiger partial charge in [-0.2, -0.15) is 10.2 Å². The molecule has 0 atom stereocenters. The Morgan fingerprint density at radius 3 is 1.54 bits per heavy atom. The molecule has 0 aliphatic carbocycles. The van der Waals surface area contributed by atoms with Gasteiger partial charge in [-0.3, -0.25) is 19.0 Å². The second-order valence-electron chi connectivity index (χ2n) is 23.7. The van der Waals surface area contributed by atoms with E-state index in [-0.39, 0.29) is 40.5 Å². The van der Waals surface area contributed by atoms with E-state index in [1.165, 1.54) is 24.0 Å². The van der Waals surface area contributed by atoms with Crippen LogP contribution >= 0.6 is 11.6 Å². The number of rotatable bonds is 14. The summed E-state index contributed by atoms with van der Waals surface area (Å²) in [5.41, 5.74) is 15.3. The molecule has 0 spiro atoms. The van der Waals surface area contributed by atoms with Crippen molar-refractivity contribution in [2.75, 3.05) is 77.5 Å². The molecule has 4 fully saturated rings. The summed E-state index contributed by atoms with van der Waals surface area (Å²) in [5, 5.41) is 12.4. The molecule has 4 aliphatic heterocycles. The normalized spacial score (nSPS) is 17.1. The number of nitrogen functional groups attached to an aromatic ring is 1. The van der Waals surface area contributed by atoms with Crippen LogP contribution in [0.25, 0.3) is 22.5 Å². The quantitative estimate of drug-likeness (QED) is 0.0981. The number of nitrogens with zero attached hydrogens (tertiary/aromatic N) is 12. The van der Waals surface area contributed by atoms with Crippen molar-refractivity contribution in [3.63, 3.8) is 0 Å². The van der Waals surface area contributed by atoms with Gasteiger partial charge in [0.1, 0.15) is 0 Å². The zero-order valence-corrected chi connectivity index (χ0v) is 48.9. The topological polar surface area (TPSA) is 191 Å². The number of aryl methyl sites for hydroxylation is 4. The molecule has 18 nitrogen and oxygen atoms in total. The number of carbonyl (C=O) groups excluding carboxylic acids is 2. The zero-order chi connectivity index (χ0) is 56.4.